The lowest BCUT2D eigenvalue weighted by Gasteiger charge is -2.07. The van der Waals surface area contributed by atoms with E-state index in [9.17, 15) is 0 Å². The summed E-state index contributed by atoms with van der Waals surface area (Å²) in [5, 5.41) is 0. The average Bonchev–Trinajstić information content (AvgIpc) is 2.46. The second kappa shape index (κ2) is 6.15. The second-order valence-electron chi connectivity index (χ2n) is 3.85. The molecule has 0 amide bonds. The van der Waals surface area contributed by atoms with E-state index < -0.39 is 0 Å². The fraction of sp³-hybridized carbons (Fsp3) is 0.143. The Kier molecular flexibility index (Phi) is 4.30. The van der Waals surface area contributed by atoms with E-state index in [1.807, 2.05) is 36.4 Å². The summed E-state index contributed by atoms with van der Waals surface area (Å²) in [6, 6.07) is 12.9. The Hall–Kier alpha value is -2.14. The van der Waals surface area contributed by atoms with Crippen LogP contribution in [0.5, 0.6) is 11.6 Å². The number of thiocarbonyl (C=S) groups is 1. The van der Waals surface area contributed by atoms with Crippen LogP contribution >= 0.6 is 12.2 Å². The fourth-order valence-corrected chi connectivity index (χ4v) is 1.66. The van der Waals surface area contributed by atoms with Crippen LogP contribution in [0.2, 0.25) is 0 Å². The highest BCUT2D eigenvalue weighted by Crippen LogP contribution is 2.14. The van der Waals surface area contributed by atoms with Crippen LogP contribution in [-0.4, -0.2) is 17.1 Å². The predicted molar refractivity (Wildman–Crippen MR) is 77.5 cm³/mol. The number of nitrogens with two attached hydrogens (primary N) is 1. The van der Waals surface area contributed by atoms with E-state index in [-0.39, 0.29) is 0 Å². The number of rotatable bonds is 5. The highest BCUT2D eigenvalue weighted by Gasteiger charge is 2.01. The summed E-state index contributed by atoms with van der Waals surface area (Å²) in [5.41, 5.74) is 7.15. The van der Waals surface area contributed by atoms with Gasteiger partial charge in [-0.25, -0.2) is 4.98 Å². The zero-order valence-corrected chi connectivity index (χ0v) is 11.3. The molecule has 1 heterocycles. The summed E-state index contributed by atoms with van der Waals surface area (Å²) < 4.78 is 10.7. The van der Waals surface area contributed by atoms with Gasteiger partial charge >= 0.3 is 0 Å². The first-order valence-electron chi connectivity index (χ1n) is 5.71. The van der Waals surface area contributed by atoms with Crippen molar-refractivity contribution in [2.75, 3.05) is 7.11 Å². The maximum absolute atomic E-state index is 5.62. The normalized spacial score (nSPS) is 9.95. The molecule has 0 atom stereocenters. The molecule has 1 aromatic carbocycles. The molecule has 0 saturated heterocycles. The van der Waals surface area contributed by atoms with Gasteiger partial charge in [-0.1, -0.05) is 18.3 Å². The second-order valence-corrected chi connectivity index (χ2v) is 4.29. The molecule has 0 spiro atoms. The Morgan fingerprint density at radius 1 is 1.21 bits per heavy atom. The lowest BCUT2D eigenvalue weighted by atomic mass is 10.2. The molecule has 19 heavy (non-hydrogen) atoms. The molecule has 0 unspecified atom stereocenters. The van der Waals surface area contributed by atoms with Gasteiger partial charge in [0, 0.05) is 11.6 Å². The minimum atomic E-state index is 0.376. The van der Waals surface area contributed by atoms with Gasteiger partial charge in [-0.2, -0.15) is 0 Å². The first-order valence-corrected chi connectivity index (χ1v) is 6.12. The van der Waals surface area contributed by atoms with E-state index in [0.29, 0.717) is 17.5 Å². The number of benzene rings is 1. The third-order valence-electron chi connectivity index (χ3n) is 2.52. The molecule has 1 aromatic heterocycles. The van der Waals surface area contributed by atoms with Crippen molar-refractivity contribution in [1.82, 2.24) is 4.98 Å². The standard InChI is InChI=1S/C14H14N2O2S/c1-17-13-4-2-3-11(16-13)9-18-12-7-5-10(6-8-12)14(15)19/h2-8H,9H2,1H3,(H2,15,19). The summed E-state index contributed by atoms with van der Waals surface area (Å²) >= 11 is 4.89. The minimum absolute atomic E-state index is 0.376. The number of ether oxygens (including phenoxy) is 2. The largest absolute Gasteiger partial charge is 0.487 e. The molecule has 4 nitrogen and oxygen atoms in total. The van der Waals surface area contributed by atoms with Crippen molar-refractivity contribution in [2.45, 2.75) is 6.61 Å². The van der Waals surface area contributed by atoms with Gasteiger partial charge in [0.2, 0.25) is 5.88 Å². The van der Waals surface area contributed by atoms with Crippen molar-refractivity contribution in [3.05, 3.63) is 53.7 Å². The van der Waals surface area contributed by atoms with E-state index in [0.717, 1.165) is 17.0 Å². The Balaban J connectivity index is 1.99. The summed E-state index contributed by atoms with van der Waals surface area (Å²) in [7, 11) is 1.58. The Bertz CT molecular complexity index is 570. The van der Waals surface area contributed by atoms with Crippen LogP contribution in [0.25, 0.3) is 0 Å². The SMILES string of the molecule is COc1cccc(COc2ccc(C(N)=S)cc2)n1. The van der Waals surface area contributed by atoms with Crippen LogP contribution in [0.1, 0.15) is 11.3 Å². The zero-order valence-electron chi connectivity index (χ0n) is 10.5. The van der Waals surface area contributed by atoms with Crippen LogP contribution in [0.3, 0.4) is 0 Å². The molecule has 2 rings (SSSR count). The van der Waals surface area contributed by atoms with Gasteiger partial charge in [0.05, 0.1) is 12.8 Å². The van der Waals surface area contributed by atoms with Crippen LogP contribution in [0, 0.1) is 0 Å². The molecule has 0 aliphatic carbocycles. The van der Waals surface area contributed by atoms with Crippen LogP contribution < -0.4 is 15.2 Å². The third-order valence-corrected chi connectivity index (χ3v) is 2.75. The number of aromatic nitrogens is 1. The van der Waals surface area contributed by atoms with Crippen LogP contribution in [0.4, 0.5) is 0 Å². The van der Waals surface area contributed by atoms with Crippen molar-refractivity contribution in [2.24, 2.45) is 5.73 Å². The highest BCUT2D eigenvalue weighted by atomic mass is 32.1. The first-order chi connectivity index (χ1) is 9.19. The molecule has 0 fully saturated rings. The van der Waals surface area contributed by atoms with Gasteiger partial charge in [0.25, 0.3) is 0 Å². The molecule has 5 heteroatoms. The van der Waals surface area contributed by atoms with E-state index >= 15 is 0 Å². The number of hydrogen-bond donors (Lipinski definition) is 1. The van der Waals surface area contributed by atoms with Crippen molar-refractivity contribution < 1.29 is 9.47 Å². The van der Waals surface area contributed by atoms with Gasteiger partial charge in [0.15, 0.2) is 0 Å². The van der Waals surface area contributed by atoms with Gasteiger partial charge in [0.1, 0.15) is 17.3 Å². The van der Waals surface area contributed by atoms with Gasteiger partial charge in [-0.3, -0.25) is 0 Å². The highest BCUT2D eigenvalue weighted by molar-refractivity contribution is 7.80. The summed E-state index contributed by atoms with van der Waals surface area (Å²) in [4.78, 5) is 4.64. The molecule has 0 saturated carbocycles. The minimum Gasteiger partial charge on any atom is -0.487 e. The Labute approximate surface area is 117 Å². The van der Waals surface area contributed by atoms with Crippen molar-refractivity contribution in [1.29, 1.82) is 0 Å². The number of nitrogens with zero attached hydrogens (tertiary/aromatic N) is 1. The number of hydrogen-bond acceptors (Lipinski definition) is 4. The van der Waals surface area contributed by atoms with Crippen molar-refractivity contribution >= 4 is 17.2 Å². The van der Waals surface area contributed by atoms with Crippen LogP contribution in [0.15, 0.2) is 42.5 Å². The summed E-state index contributed by atoms with van der Waals surface area (Å²) in [6.07, 6.45) is 0. The monoisotopic (exact) mass is 274 g/mol. The lowest BCUT2D eigenvalue weighted by molar-refractivity contribution is 0.298. The number of pyridine rings is 1. The van der Waals surface area contributed by atoms with Crippen molar-refractivity contribution in [3.63, 3.8) is 0 Å². The van der Waals surface area contributed by atoms with E-state index in [2.05, 4.69) is 4.98 Å². The molecule has 2 N–H and O–H groups in total. The van der Waals surface area contributed by atoms with E-state index in [4.69, 9.17) is 27.4 Å². The third kappa shape index (κ3) is 3.66. The first kappa shape index (κ1) is 13.3. The maximum atomic E-state index is 5.62. The molecule has 2 aromatic rings. The lowest BCUT2D eigenvalue weighted by Crippen LogP contribution is -2.08. The molecule has 0 aliphatic heterocycles. The maximum Gasteiger partial charge on any atom is 0.213 e. The average molecular weight is 274 g/mol. The predicted octanol–water partition coefficient (Wildman–Crippen LogP) is 2.30. The Morgan fingerprint density at radius 2 is 1.95 bits per heavy atom. The molecular weight excluding hydrogens is 260 g/mol. The fourth-order valence-electron chi connectivity index (χ4n) is 1.52. The van der Waals surface area contributed by atoms with Crippen LogP contribution in [-0.2, 0) is 6.61 Å². The van der Waals surface area contributed by atoms with Crippen molar-refractivity contribution in [3.8, 4) is 11.6 Å². The molecular formula is C14H14N2O2S. The molecule has 98 valence electrons. The topological polar surface area (TPSA) is 57.4 Å². The molecule has 0 aliphatic rings. The zero-order chi connectivity index (χ0) is 13.7. The smallest absolute Gasteiger partial charge is 0.213 e. The number of methoxy groups -OCH3 is 1. The molecule has 0 bridgehead atoms. The quantitative estimate of drug-likeness (QED) is 0.848. The van der Waals surface area contributed by atoms with Gasteiger partial charge in [-0.15, -0.1) is 0 Å². The molecule has 0 radical (unpaired) electrons. The van der Waals surface area contributed by atoms with E-state index in [1.54, 1.807) is 13.2 Å². The van der Waals surface area contributed by atoms with Gasteiger partial charge < -0.3 is 15.2 Å². The summed E-state index contributed by atoms with van der Waals surface area (Å²) in [5.74, 6) is 1.31. The van der Waals surface area contributed by atoms with Gasteiger partial charge in [-0.05, 0) is 30.3 Å². The van der Waals surface area contributed by atoms with E-state index in [1.165, 1.54) is 0 Å². The Morgan fingerprint density at radius 3 is 2.58 bits per heavy atom. The summed E-state index contributed by atoms with van der Waals surface area (Å²) in [6.45, 7) is 0.379.